The minimum Gasteiger partial charge on any atom is -0.395 e. The number of rotatable bonds is 2. The summed E-state index contributed by atoms with van der Waals surface area (Å²) in [5.74, 6) is -1.35. The number of nitrogens with zero attached hydrogens (tertiary/aromatic N) is 1. The number of nitrogens with one attached hydrogen (secondary N) is 1. The Bertz CT molecular complexity index is 426. The van der Waals surface area contributed by atoms with Crippen molar-refractivity contribution in [2.45, 2.75) is 45.2 Å². The number of nitrogen functional groups attached to an aromatic ring is 1. The van der Waals surface area contributed by atoms with E-state index in [-0.39, 0.29) is 5.69 Å². The summed E-state index contributed by atoms with van der Waals surface area (Å²) in [5, 5.41) is 2.02. The first-order valence-corrected chi connectivity index (χ1v) is 6.28. The van der Waals surface area contributed by atoms with Gasteiger partial charge in [0.25, 0.3) is 0 Å². The Morgan fingerprint density at radius 1 is 1.22 bits per heavy atom. The van der Waals surface area contributed by atoms with Gasteiger partial charge in [-0.05, 0) is 26.7 Å². The summed E-state index contributed by atoms with van der Waals surface area (Å²) in [6.45, 7) is 4.18. The first-order valence-electron chi connectivity index (χ1n) is 6.28. The second-order valence-electron chi connectivity index (χ2n) is 5.00. The molecule has 0 radical (unpaired) electrons. The van der Waals surface area contributed by atoms with Gasteiger partial charge in [-0.3, -0.25) is 0 Å². The molecule has 1 aromatic rings. The summed E-state index contributed by atoms with van der Waals surface area (Å²) in [4.78, 5) is 0. The zero-order valence-electron chi connectivity index (χ0n) is 10.7. The van der Waals surface area contributed by atoms with Crippen molar-refractivity contribution in [1.82, 2.24) is 5.01 Å². The molecule has 2 rings (SSSR count). The van der Waals surface area contributed by atoms with E-state index in [0.29, 0.717) is 17.8 Å². The molecule has 0 bridgehead atoms. The first-order chi connectivity index (χ1) is 8.49. The van der Waals surface area contributed by atoms with Crippen LogP contribution in [0.25, 0.3) is 0 Å². The van der Waals surface area contributed by atoms with Gasteiger partial charge in [-0.15, -0.1) is 0 Å². The zero-order chi connectivity index (χ0) is 13.3. The molecule has 0 amide bonds. The molecular weight excluding hydrogens is 236 g/mol. The number of piperidine rings is 1. The number of anilines is 2. The van der Waals surface area contributed by atoms with E-state index in [9.17, 15) is 8.78 Å². The fraction of sp³-hybridized carbons (Fsp3) is 0.538. The van der Waals surface area contributed by atoms with Crippen LogP contribution in [0.15, 0.2) is 12.1 Å². The van der Waals surface area contributed by atoms with E-state index < -0.39 is 11.6 Å². The van der Waals surface area contributed by atoms with Crippen molar-refractivity contribution in [3.05, 3.63) is 23.8 Å². The average Bonchev–Trinajstić information content (AvgIpc) is 2.30. The van der Waals surface area contributed by atoms with Crippen LogP contribution in [0.3, 0.4) is 0 Å². The van der Waals surface area contributed by atoms with E-state index >= 15 is 0 Å². The third-order valence-electron chi connectivity index (χ3n) is 3.54. The highest BCUT2D eigenvalue weighted by Gasteiger charge is 2.25. The molecule has 0 aliphatic carbocycles. The number of hydrogen-bond acceptors (Lipinski definition) is 3. The summed E-state index contributed by atoms with van der Waals surface area (Å²) in [6.07, 6.45) is 3.30. The third-order valence-corrected chi connectivity index (χ3v) is 3.54. The predicted octanol–water partition coefficient (Wildman–Crippen LogP) is 3.14. The Morgan fingerprint density at radius 2 is 1.83 bits per heavy atom. The molecule has 0 saturated carbocycles. The molecule has 3 N–H and O–H groups in total. The van der Waals surface area contributed by atoms with Gasteiger partial charge in [0.15, 0.2) is 5.82 Å². The van der Waals surface area contributed by atoms with Gasteiger partial charge in [0, 0.05) is 24.2 Å². The van der Waals surface area contributed by atoms with Crippen LogP contribution in [-0.2, 0) is 0 Å². The number of halogens is 2. The highest BCUT2D eigenvalue weighted by atomic mass is 19.1. The van der Waals surface area contributed by atoms with Crippen molar-refractivity contribution in [3.63, 3.8) is 0 Å². The normalized spacial score (nSPS) is 25.1. The average molecular weight is 255 g/mol. The summed E-state index contributed by atoms with van der Waals surface area (Å²) < 4.78 is 26.6. The van der Waals surface area contributed by atoms with E-state index in [2.05, 4.69) is 19.3 Å². The maximum absolute atomic E-state index is 13.4. The molecule has 2 atom stereocenters. The first kappa shape index (κ1) is 13.1. The summed E-state index contributed by atoms with van der Waals surface area (Å²) in [6, 6.07) is 2.66. The van der Waals surface area contributed by atoms with Gasteiger partial charge in [0.1, 0.15) is 5.82 Å². The van der Waals surface area contributed by atoms with Crippen molar-refractivity contribution >= 4 is 11.4 Å². The second kappa shape index (κ2) is 5.10. The van der Waals surface area contributed by atoms with Crippen molar-refractivity contribution in [2.75, 3.05) is 11.2 Å². The Hall–Kier alpha value is -1.36. The lowest BCUT2D eigenvalue weighted by Gasteiger charge is -2.39. The third kappa shape index (κ3) is 2.56. The summed E-state index contributed by atoms with van der Waals surface area (Å²) in [5.41, 5.74) is 8.95. The number of hydrogen-bond donors (Lipinski definition) is 2. The van der Waals surface area contributed by atoms with E-state index in [0.717, 1.165) is 18.9 Å². The Labute approximate surface area is 106 Å². The number of nitrogens with two attached hydrogens (primary N) is 1. The van der Waals surface area contributed by atoms with Crippen molar-refractivity contribution in [3.8, 4) is 0 Å². The Kier molecular flexibility index (Phi) is 3.71. The molecule has 5 heteroatoms. The maximum atomic E-state index is 13.4. The van der Waals surface area contributed by atoms with Gasteiger partial charge in [0.05, 0.1) is 11.4 Å². The van der Waals surface area contributed by atoms with E-state index in [1.807, 2.05) is 5.01 Å². The lowest BCUT2D eigenvalue weighted by Crippen LogP contribution is -2.47. The van der Waals surface area contributed by atoms with Crippen LogP contribution in [0.2, 0.25) is 0 Å². The zero-order valence-corrected chi connectivity index (χ0v) is 10.7. The topological polar surface area (TPSA) is 41.3 Å². The number of hydrazine groups is 1. The maximum Gasteiger partial charge on any atom is 0.151 e. The van der Waals surface area contributed by atoms with Crippen LogP contribution < -0.4 is 11.2 Å². The lowest BCUT2D eigenvalue weighted by atomic mass is 10.00. The quantitative estimate of drug-likeness (QED) is 0.798. The predicted molar refractivity (Wildman–Crippen MR) is 69.0 cm³/mol. The molecule has 1 saturated heterocycles. The molecular formula is C13H19F2N3. The van der Waals surface area contributed by atoms with Crippen LogP contribution in [0.4, 0.5) is 20.2 Å². The van der Waals surface area contributed by atoms with Crippen molar-refractivity contribution in [1.29, 1.82) is 0 Å². The highest BCUT2D eigenvalue weighted by molar-refractivity contribution is 5.66. The minimum atomic E-state index is -0.727. The molecule has 1 fully saturated rings. The monoisotopic (exact) mass is 255 g/mol. The van der Waals surface area contributed by atoms with Crippen LogP contribution in [0.1, 0.15) is 33.1 Å². The van der Waals surface area contributed by atoms with Gasteiger partial charge in [-0.1, -0.05) is 6.42 Å². The molecule has 1 aliphatic heterocycles. The van der Waals surface area contributed by atoms with Gasteiger partial charge in [0.2, 0.25) is 0 Å². The smallest absolute Gasteiger partial charge is 0.151 e. The largest absolute Gasteiger partial charge is 0.395 e. The van der Waals surface area contributed by atoms with Crippen molar-refractivity contribution in [2.24, 2.45) is 0 Å². The van der Waals surface area contributed by atoms with Gasteiger partial charge >= 0.3 is 0 Å². The Balaban J connectivity index is 2.22. The standard InChI is InChI=1S/C13H19F2N3/c1-8-4-3-5-9(2)18(8)17-12-7-10(14)6-11(15)13(12)16/h6-9,17H,3-5,16H2,1-2H3. The molecule has 0 aromatic heterocycles. The number of benzene rings is 1. The molecule has 1 aromatic carbocycles. The minimum absolute atomic E-state index is 0.0404. The van der Waals surface area contributed by atoms with E-state index in [1.54, 1.807) is 0 Å². The van der Waals surface area contributed by atoms with Crippen LogP contribution >= 0.6 is 0 Å². The SMILES string of the molecule is CC1CCCC(C)N1Nc1cc(F)cc(F)c1N. The lowest BCUT2D eigenvalue weighted by molar-refractivity contribution is 0.136. The van der Waals surface area contributed by atoms with E-state index in [1.165, 1.54) is 12.5 Å². The molecule has 1 aliphatic rings. The van der Waals surface area contributed by atoms with Gasteiger partial charge in [-0.2, -0.15) is 0 Å². The van der Waals surface area contributed by atoms with Crippen LogP contribution in [0.5, 0.6) is 0 Å². The van der Waals surface area contributed by atoms with Gasteiger partial charge < -0.3 is 11.2 Å². The Morgan fingerprint density at radius 3 is 2.44 bits per heavy atom. The van der Waals surface area contributed by atoms with Crippen LogP contribution in [-0.4, -0.2) is 17.1 Å². The molecule has 3 nitrogen and oxygen atoms in total. The fourth-order valence-corrected chi connectivity index (χ4v) is 2.46. The molecule has 0 spiro atoms. The fourth-order valence-electron chi connectivity index (χ4n) is 2.46. The molecule has 2 unspecified atom stereocenters. The van der Waals surface area contributed by atoms with E-state index in [4.69, 9.17) is 5.73 Å². The van der Waals surface area contributed by atoms with Gasteiger partial charge in [-0.25, -0.2) is 13.8 Å². The molecule has 100 valence electrons. The second-order valence-corrected chi connectivity index (χ2v) is 5.00. The molecule has 18 heavy (non-hydrogen) atoms. The van der Waals surface area contributed by atoms with Crippen LogP contribution in [0, 0.1) is 11.6 Å². The summed E-state index contributed by atoms with van der Waals surface area (Å²) >= 11 is 0. The highest BCUT2D eigenvalue weighted by Crippen LogP contribution is 2.28. The van der Waals surface area contributed by atoms with Crippen molar-refractivity contribution < 1.29 is 8.78 Å². The molecule has 1 heterocycles. The summed E-state index contributed by atoms with van der Waals surface area (Å²) in [7, 11) is 0.